The molecule has 0 bridgehead atoms. The number of rotatable bonds is 3. The fourth-order valence-corrected chi connectivity index (χ4v) is 7.81. The summed E-state index contributed by atoms with van der Waals surface area (Å²) in [6.45, 7) is 0. The standard InChI is InChI=1S/C28H13F6OP/c29-18-9-12-21(27(33)25(18)31)36(35,22-13-10-19(30)26(32)28(22)34)20-11-7-16-5-4-14-2-1-3-15-6-8-17(20)24(16)23(14)15/h1-13H. The highest BCUT2D eigenvalue weighted by Gasteiger charge is 2.39. The molecule has 0 fully saturated rings. The van der Waals surface area contributed by atoms with Gasteiger partial charge in [-0.2, -0.15) is 0 Å². The van der Waals surface area contributed by atoms with Crippen molar-refractivity contribution < 1.29 is 30.9 Å². The molecule has 0 atom stereocenters. The van der Waals surface area contributed by atoms with Crippen LogP contribution in [0.1, 0.15) is 0 Å². The van der Waals surface area contributed by atoms with Crippen LogP contribution in [0.15, 0.2) is 78.9 Å². The summed E-state index contributed by atoms with van der Waals surface area (Å²) in [7, 11) is -4.77. The molecule has 0 aliphatic carbocycles. The normalized spacial score (nSPS) is 12.3. The highest BCUT2D eigenvalue weighted by Crippen LogP contribution is 2.48. The maximum absolute atomic E-state index is 15.2. The summed E-state index contributed by atoms with van der Waals surface area (Å²) in [6.07, 6.45) is 0. The molecule has 0 aliphatic rings. The Balaban J connectivity index is 1.81. The van der Waals surface area contributed by atoms with Gasteiger partial charge in [-0.1, -0.05) is 48.5 Å². The molecule has 8 heteroatoms. The van der Waals surface area contributed by atoms with Gasteiger partial charge in [0, 0.05) is 5.30 Å². The molecule has 0 saturated heterocycles. The summed E-state index contributed by atoms with van der Waals surface area (Å²) in [4.78, 5) is 0. The molecule has 6 rings (SSSR count). The molecule has 6 aromatic rings. The van der Waals surface area contributed by atoms with Crippen molar-refractivity contribution in [2.24, 2.45) is 0 Å². The average Bonchev–Trinajstić information content (AvgIpc) is 2.88. The van der Waals surface area contributed by atoms with Crippen LogP contribution in [0.5, 0.6) is 0 Å². The molecular formula is C28H13F6OP. The quantitative estimate of drug-likeness (QED) is 0.108. The average molecular weight is 510 g/mol. The highest BCUT2D eigenvalue weighted by atomic mass is 31.2. The Hall–Kier alpha value is -3.83. The van der Waals surface area contributed by atoms with Gasteiger partial charge in [0.2, 0.25) is 0 Å². The van der Waals surface area contributed by atoms with E-state index in [0.29, 0.717) is 22.9 Å². The second-order valence-electron chi connectivity index (χ2n) is 8.44. The minimum absolute atomic E-state index is 0.122. The first-order valence-corrected chi connectivity index (χ1v) is 12.5. The summed E-state index contributed by atoms with van der Waals surface area (Å²) in [5.74, 6) is -10.5. The summed E-state index contributed by atoms with van der Waals surface area (Å²) < 4.78 is 101. The van der Waals surface area contributed by atoms with Gasteiger partial charge in [0.15, 0.2) is 42.0 Å². The van der Waals surface area contributed by atoms with E-state index in [1.807, 2.05) is 30.3 Å². The molecule has 178 valence electrons. The Morgan fingerprint density at radius 3 is 1.44 bits per heavy atom. The van der Waals surface area contributed by atoms with Crippen LogP contribution in [0.2, 0.25) is 0 Å². The van der Waals surface area contributed by atoms with E-state index in [2.05, 4.69) is 0 Å². The van der Waals surface area contributed by atoms with Gasteiger partial charge in [-0.15, -0.1) is 0 Å². The Labute approximate surface area is 200 Å². The van der Waals surface area contributed by atoms with Crippen LogP contribution in [0, 0.1) is 34.9 Å². The molecule has 0 spiro atoms. The van der Waals surface area contributed by atoms with Gasteiger partial charge in [-0.05, 0) is 62.6 Å². The van der Waals surface area contributed by atoms with E-state index in [1.54, 1.807) is 18.2 Å². The SMILES string of the molecule is O=P(c1ccc(F)c(F)c1F)(c1ccc(F)c(F)c1F)c1ccc2ccc3cccc4ccc1c2c34. The summed E-state index contributed by atoms with van der Waals surface area (Å²) in [5.41, 5.74) is 0. The zero-order valence-electron chi connectivity index (χ0n) is 18.1. The molecule has 0 unspecified atom stereocenters. The maximum Gasteiger partial charge on any atom is 0.195 e. The number of hydrogen-bond acceptors (Lipinski definition) is 1. The van der Waals surface area contributed by atoms with Gasteiger partial charge >= 0.3 is 0 Å². The summed E-state index contributed by atoms with van der Waals surface area (Å²) in [5, 5.41) is 2.37. The maximum atomic E-state index is 15.2. The molecule has 6 aromatic carbocycles. The Morgan fingerprint density at radius 2 is 0.889 bits per heavy atom. The van der Waals surface area contributed by atoms with Crippen molar-refractivity contribution in [3.05, 3.63) is 114 Å². The smallest absolute Gasteiger partial charge is 0.195 e. The molecule has 36 heavy (non-hydrogen) atoms. The summed E-state index contributed by atoms with van der Waals surface area (Å²) in [6, 6.07) is 18.2. The topological polar surface area (TPSA) is 17.1 Å². The lowest BCUT2D eigenvalue weighted by atomic mass is 9.94. The van der Waals surface area contributed by atoms with Crippen LogP contribution in [0.4, 0.5) is 26.3 Å². The first-order valence-electron chi connectivity index (χ1n) is 10.8. The molecule has 0 radical (unpaired) electrons. The minimum Gasteiger partial charge on any atom is -0.308 e. The minimum atomic E-state index is -4.77. The van der Waals surface area contributed by atoms with Crippen molar-refractivity contribution in [1.82, 2.24) is 0 Å². The molecular weight excluding hydrogens is 497 g/mol. The second kappa shape index (κ2) is 7.84. The van der Waals surface area contributed by atoms with Crippen molar-refractivity contribution in [3.63, 3.8) is 0 Å². The van der Waals surface area contributed by atoms with E-state index in [9.17, 15) is 22.1 Å². The van der Waals surface area contributed by atoms with E-state index in [-0.39, 0.29) is 5.30 Å². The predicted molar refractivity (Wildman–Crippen MR) is 129 cm³/mol. The highest BCUT2D eigenvalue weighted by molar-refractivity contribution is 7.85. The van der Waals surface area contributed by atoms with E-state index in [0.717, 1.165) is 33.7 Å². The summed E-state index contributed by atoms with van der Waals surface area (Å²) >= 11 is 0. The van der Waals surface area contributed by atoms with Crippen molar-refractivity contribution in [2.45, 2.75) is 0 Å². The largest absolute Gasteiger partial charge is 0.308 e. The number of benzene rings is 6. The third kappa shape index (κ3) is 2.96. The van der Waals surface area contributed by atoms with Gasteiger partial charge in [0.25, 0.3) is 0 Å². The molecule has 0 saturated carbocycles. The zero-order valence-corrected chi connectivity index (χ0v) is 19.0. The predicted octanol–water partition coefficient (Wildman–Crippen LogP) is 7.06. The van der Waals surface area contributed by atoms with Crippen LogP contribution in [-0.4, -0.2) is 0 Å². The van der Waals surface area contributed by atoms with Crippen molar-refractivity contribution in [3.8, 4) is 0 Å². The van der Waals surface area contributed by atoms with Crippen LogP contribution >= 0.6 is 7.14 Å². The third-order valence-corrected chi connectivity index (χ3v) is 9.67. The van der Waals surface area contributed by atoms with E-state index in [1.165, 1.54) is 6.07 Å². The Morgan fingerprint density at radius 1 is 0.444 bits per heavy atom. The van der Waals surface area contributed by atoms with Crippen LogP contribution in [-0.2, 0) is 4.57 Å². The molecule has 0 heterocycles. The number of hydrogen-bond donors (Lipinski definition) is 0. The lowest BCUT2D eigenvalue weighted by Gasteiger charge is -2.24. The van der Waals surface area contributed by atoms with Gasteiger partial charge < -0.3 is 4.57 Å². The van der Waals surface area contributed by atoms with Crippen molar-refractivity contribution >= 4 is 55.4 Å². The number of halogens is 6. The van der Waals surface area contributed by atoms with Crippen LogP contribution in [0.3, 0.4) is 0 Å². The van der Waals surface area contributed by atoms with Gasteiger partial charge in [-0.3, -0.25) is 0 Å². The Kier molecular flexibility index (Phi) is 4.92. The lowest BCUT2D eigenvalue weighted by Crippen LogP contribution is -2.31. The first kappa shape index (κ1) is 22.6. The third-order valence-electron chi connectivity index (χ3n) is 6.55. The lowest BCUT2D eigenvalue weighted by molar-refractivity contribution is 0.449. The second-order valence-corrected chi connectivity index (χ2v) is 11.1. The van der Waals surface area contributed by atoms with Gasteiger partial charge in [0.05, 0.1) is 10.6 Å². The zero-order chi connectivity index (χ0) is 25.4. The van der Waals surface area contributed by atoms with E-state index < -0.39 is 52.7 Å². The van der Waals surface area contributed by atoms with Crippen molar-refractivity contribution in [1.29, 1.82) is 0 Å². The van der Waals surface area contributed by atoms with E-state index >= 15 is 8.78 Å². The fraction of sp³-hybridized carbons (Fsp3) is 0. The first-order chi connectivity index (χ1) is 17.2. The molecule has 0 aliphatic heterocycles. The van der Waals surface area contributed by atoms with Crippen LogP contribution in [0.25, 0.3) is 32.3 Å². The molecule has 0 N–H and O–H groups in total. The Bertz CT molecular complexity index is 1820. The van der Waals surface area contributed by atoms with Crippen LogP contribution < -0.4 is 15.9 Å². The van der Waals surface area contributed by atoms with Crippen molar-refractivity contribution in [2.75, 3.05) is 0 Å². The fourth-order valence-electron chi connectivity index (χ4n) is 4.90. The molecule has 1 nitrogen and oxygen atoms in total. The monoisotopic (exact) mass is 510 g/mol. The van der Waals surface area contributed by atoms with E-state index in [4.69, 9.17) is 0 Å². The van der Waals surface area contributed by atoms with Gasteiger partial charge in [0.1, 0.15) is 0 Å². The molecule has 0 amide bonds. The van der Waals surface area contributed by atoms with Gasteiger partial charge in [-0.25, -0.2) is 26.3 Å². The molecule has 0 aromatic heterocycles.